The van der Waals surface area contributed by atoms with Crippen LogP contribution in [0.15, 0.2) is 0 Å². The number of amides is 1. The van der Waals surface area contributed by atoms with E-state index < -0.39 is 10.0 Å². The molecule has 6 nitrogen and oxygen atoms in total. The minimum Gasteiger partial charge on any atom is -0.348 e. The molecule has 1 saturated carbocycles. The van der Waals surface area contributed by atoms with Gasteiger partial charge in [0, 0.05) is 40.3 Å². The van der Waals surface area contributed by atoms with Gasteiger partial charge in [0.05, 0.1) is 11.2 Å². The van der Waals surface area contributed by atoms with Crippen LogP contribution in [-0.2, 0) is 14.8 Å². The Morgan fingerprint density at radius 3 is 2.33 bits per heavy atom. The van der Waals surface area contributed by atoms with E-state index in [4.69, 9.17) is 0 Å². The minimum atomic E-state index is -3.10. The molecule has 138 valence electrons. The first-order valence-electron chi connectivity index (χ1n) is 9.05. The summed E-state index contributed by atoms with van der Waals surface area (Å²) in [5, 5.41) is 0. The van der Waals surface area contributed by atoms with E-state index in [9.17, 15) is 13.2 Å². The third-order valence-corrected chi connectivity index (χ3v) is 8.71. The summed E-state index contributed by atoms with van der Waals surface area (Å²) in [4.78, 5) is 17.0. The number of sulfonamides is 1. The predicted molar refractivity (Wildman–Crippen MR) is 94.0 cm³/mol. The highest BCUT2D eigenvalue weighted by atomic mass is 32.2. The lowest BCUT2D eigenvalue weighted by atomic mass is 9.66. The Morgan fingerprint density at radius 2 is 1.79 bits per heavy atom. The van der Waals surface area contributed by atoms with E-state index in [1.54, 1.807) is 16.1 Å². The minimum absolute atomic E-state index is 0.135. The van der Waals surface area contributed by atoms with Gasteiger partial charge in [-0.25, -0.2) is 12.7 Å². The van der Waals surface area contributed by atoms with Crippen LogP contribution in [0.4, 0.5) is 0 Å². The Balaban J connectivity index is 1.83. The van der Waals surface area contributed by atoms with E-state index in [0.717, 1.165) is 38.8 Å². The van der Waals surface area contributed by atoms with Crippen molar-refractivity contribution in [3.05, 3.63) is 0 Å². The highest BCUT2D eigenvalue weighted by Gasteiger charge is 2.64. The summed E-state index contributed by atoms with van der Waals surface area (Å²) >= 11 is 0. The van der Waals surface area contributed by atoms with Crippen molar-refractivity contribution < 1.29 is 13.2 Å². The molecule has 3 rings (SSSR count). The summed E-state index contributed by atoms with van der Waals surface area (Å²) in [7, 11) is 2.72. The fourth-order valence-electron chi connectivity index (χ4n) is 5.58. The number of carbonyl (C=O) groups is 1. The van der Waals surface area contributed by atoms with Crippen molar-refractivity contribution in [1.82, 2.24) is 14.1 Å². The van der Waals surface area contributed by atoms with Crippen molar-refractivity contribution in [3.63, 3.8) is 0 Å². The lowest BCUT2D eigenvalue weighted by Gasteiger charge is -2.44. The van der Waals surface area contributed by atoms with Crippen LogP contribution in [0.2, 0.25) is 0 Å². The van der Waals surface area contributed by atoms with Crippen LogP contribution >= 0.6 is 0 Å². The molecule has 2 saturated heterocycles. The second-order valence-corrected chi connectivity index (χ2v) is 10.5. The van der Waals surface area contributed by atoms with Gasteiger partial charge in [0.1, 0.15) is 0 Å². The van der Waals surface area contributed by atoms with Gasteiger partial charge in [-0.05, 0) is 51.0 Å². The monoisotopic (exact) mass is 357 g/mol. The second-order valence-electron chi connectivity index (χ2n) is 8.27. The summed E-state index contributed by atoms with van der Waals surface area (Å²) < 4.78 is 26.0. The van der Waals surface area contributed by atoms with Crippen LogP contribution in [-0.4, -0.2) is 81.5 Å². The Bertz CT molecular complexity index is 611. The molecule has 0 N–H and O–H groups in total. The number of hydrogen-bond donors (Lipinski definition) is 0. The smallest absolute Gasteiger partial charge is 0.229 e. The van der Waals surface area contributed by atoms with Gasteiger partial charge in [0.15, 0.2) is 0 Å². The quantitative estimate of drug-likeness (QED) is 0.751. The van der Waals surface area contributed by atoms with Crippen LogP contribution in [0.3, 0.4) is 0 Å². The van der Waals surface area contributed by atoms with Gasteiger partial charge in [0.25, 0.3) is 0 Å². The Morgan fingerprint density at radius 1 is 1.17 bits per heavy atom. The zero-order chi connectivity index (χ0) is 17.8. The summed E-state index contributed by atoms with van der Waals surface area (Å²) in [6.45, 7) is 4.74. The maximum absolute atomic E-state index is 13.0. The SMILES string of the molecule is CCS(=O)(=O)N1CCC2(CC1)CC[C@@]1(C(=O)N(C)C)CN(C)C[C@@H]21. The third-order valence-electron chi connectivity index (χ3n) is 6.83. The molecule has 1 aliphatic carbocycles. The van der Waals surface area contributed by atoms with E-state index in [2.05, 4.69) is 11.9 Å². The van der Waals surface area contributed by atoms with Crippen LogP contribution < -0.4 is 0 Å². The third kappa shape index (κ3) is 2.59. The molecule has 0 radical (unpaired) electrons. The Labute approximate surface area is 146 Å². The number of hydrogen-bond acceptors (Lipinski definition) is 4. The van der Waals surface area contributed by atoms with Gasteiger partial charge < -0.3 is 9.80 Å². The van der Waals surface area contributed by atoms with Gasteiger partial charge in [-0.2, -0.15) is 0 Å². The molecule has 2 heterocycles. The fourth-order valence-corrected chi connectivity index (χ4v) is 6.69. The van der Waals surface area contributed by atoms with Crippen molar-refractivity contribution in [1.29, 1.82) is 0 Å². The predicted octanol–water partition coefficient (Wildman–Crippen LogP) is 0.848. The molecule has 2 aliphatic heterocycles. The van der Waals surface area contributed by atoms with Gasteiger partial charge >= 0.3 is 0 Å². The normalized spacial score (nSPS) is 33.8. The molecule has 1 amide bonds. The molecule has 3 aliphatic rings. The molecule has 0 bridgehead atoms. The summed E-state index contributed by atoms with van der Waals surface area (Å²) in [6.07, 6.45) is 3.80. The van der Waals surface area contributed by atoms with Crippen molar-refractivity contribution >= 4 is 15.9 Å². The maximum atomic E-state index is 13.0. The highest BCUT2D eigenvalue weighted by molar-refractivity contribution is 7.89. The van der Waals surface area contributed by atoms with E-state index in [1.165, 1.54) is 0 Å². The second kappa shape index (κ2) is 5.95. The molecule has 3 fully saturated rings. The van der Waals surface area contributed by atoms with E-state index in [0.29, 0.717) is 19.0 Å². The zero-order valence-corrected chi connectivity index (χ0v) is 16.2. The molecule has 24 heavy (non-hydrogen) atoms. The topological polar surface area (TPSA) is 60.9 Å². The first kappa shape index (κ1) is 18.1. The molecule has 7 heteroatoms. The fraction of sp³-hybridized carbons (Fsp3) is 0.941. The molecule has 2 atom stereocenters. The van der Waals surface area contributed by atoms with E-state index >= 15 is 0 Å². The summed E-state index contributed by atoms with van der Waals surface area (Å²) in [5.74, 6) is 0.795. The van der Waals surface area contributed by atoms with Crippen molar-refractivity contribution in [2.24, 2.45) is 16.7 Å². The van der Waals surface area contributed by atoms with Crippen molar-refractivity contribution in [2.75, 3.05) is 53.1 Å². The van der Waals surface area contributed by atoms with Gasteiger partial charge in [0.2, 0.25) is 15.9 Å². The zero-order valence-electron chi connectivity index (χ0n) is 15.4. The standard InChI is InChI=1S/C17H31N3O3S/c1-5-24(22,23)20-10-8-16(9-11-20)6-7-17(15(21)18(2)3)13-19(4)12-14(16)17/h14H,5-13H2,1-4H3/t14-,17+/m0/s1. The van der Waals surface area contributed by atoms with E-state index in [1.807, 2.05) is 14.1 Å². The molecular weight excluding hydrogens is 326 g/mol. The van der Waals surface area contributed by atoms with Crippen molar-refractivity contribution in [3.8, 4) is 0 Å². The molecule has 0 unspecified atom stereocenters. The average molecular weight is 358 g/mol. The number of carbonyl (C=O) groups excluding carboxylic acids is 1. The number of likely N-dealkylation sites (tertiary alicyclic amines) is 1. The molecule has 1 spiro atoms. The number of nitrogens with zero attached hydrogens (tertiary/aromatic N) is 3. The molecule has 0 aromatic heterocycles. The van der Waals surface area contributed by atoms with Crippen LogP contribution in [0.1, 0.15) is 32.6 Å². The summed E-state index contributed by atoms with van der Waals surface area (Å²) in [5.41, 5.74) is -0.125. The lowest BCUT2D eigenvalue weighted by molar-refractivity contribution is -0.141. The first-order chi connectivity index (χ1) is 11.2. The van der Waals surface area contributed by atoms with Crippen molar-refractivity contribution in [2.45, 2.75) is 32.6 Å². The van der Waals surface area contributed by atoms with Crippen LogP contribution in [0.25, 0.3) is 0 Å². The van der Waals surface area contributed by atoms with Gasteiger partial charge in [-0.3, -0.25) is 4.79 Å². The van der Waals surface area contributed by atoms with Crippen LogP contribution in [0, 0.1) is 16.7 Å². The highest BCUT2D eigenvalue weighted by Crippen LogP contribution is 2.62. The Kier molecular flexibility index (Phi) is 4.50. The number of fused-ring (bicyclic) bond motifs is 2. The average Bonchev–Trinajstić information content (AvgIpc) is 3.03. The number of rotatable bonds is 3. The van der Waals surface area contributed by atoms with E-state index in [-0.39, 0.29) is 22.5 Å². The maximum Gasteiger partial charge on any atom is 0.229 e. The van der Waals surface area contributed by atoms with Crippen LogP contribution in [0.5, 0.6) is 0 Å². The lowest BCUT2D eigenvalue weighted by Crippen LogP contribution is -2.49. The molecule has 0 aromatic rings. The van der Waals surface area contributed by atoms with Gasteiger partial charge in [-0.15, -0.1) is 0 Å². The first-order valence-corrected chi connectivity index (χ1v) is 10.7. The molecule has 0 aromatic carbocycles. The molecular formula is C17H31N3O3S. The largest absolute Gasteiger partial charge is 0.348 e. The Hall–Kier alpha value is -0.660. The van der Waals surface area contributed by atoms with Gasteiger partial charge in [-0.1, -0.05) is 0 Å². The number of piperidine rings is 1. The summed E-state index contributed by atoms with van der Waals surface area (Å²) in [6, 6.07) is 0.